The highest BCUT2D eigenvalue weighted by Crippen LogP contribution is 2.44. The molecule has 2 unspecified atom stereocenters. The minimum Gasteiger partial charge on any atom is -0.488 e. The van der Waals surface area contributed by atoms with E-state index in [1.54, 1.807) is 0 Å². The number of ether oxygens (including phenoxy) is 4. The van der Waals surface area contributed by atoms with Crippen LogP contribution in [0.25, 0.3) is 0 Å². The topological polar surface area (TPSA) is 36.9 Å². The van der Waals surface area contributed by atoms with Crippen LogP contribution in [0.2, 0.25) is 0 Å². The molecule has 0 amide bonds. The molecule has 0 aliphatic rings. The standard InChI is InChI=1S/C29H38Br6O4/c1-5-7-9-36-21(15-30)17-38-27-23(32)11-19(12-24(27)33)29(3,4)20-13-25(34)28(26(35)14-20)39-18-22(16-31)37-10-8-6-2/h11-14,21-22H,5-10,15-18H2,1-4H3. The molecule has 10 heteroatoms. The van der Waals surface area contributed by atoms with Crippen molar-refractivity contribution < 1.29 is 18.9 Å². The molecule has 4 nitrogen and oxygen atoms in total. The van der Waals surface area contributed by atoms with Crippen molar-refractivity contribution in [3.63, 3.8) is 0 Å². The highest BCUT2D eigenvalue weighted by Gasteiger charge is 2.28. The molecule has 2 rings (SSSR count). The molecule has 0 aliphatic heterocycles. The van der Waals surface area contributed by atoms with Crippen molar-refractivity contribution in [3.8, 4) is 11.5 Å². The molecule has 0 fully saturated rings. The van der Waals surface area contributed by atoms with Crippen LogP contribution in [0.4, 0.5) is 0 Å². The lowest BCUT2D eigenvalue weighted by Crippen LogP contribution is -2.24. The van der Waals surface area contributed by atoms with Gasteiger partial charge in [0.25, 0.3) is 0 Å². The molecule has 220 valence electrons. The normalized spacial score (nSPS) is 13.4. The Morgan fingerprint density at radius 2 is 0.974 bits per heavy atom. The van der Waals surface area contributed by atoms with Crippen molar-refractivity contribution in [2.45, 2.75) is 71.0 Å². The van der Waals surface area contributed by atoms with E-state index in [4.69, 9.17) is 18.9 Å². The predicted molar refractivity (Wildman–Crippen MR) is 184 cm³/mol. The van der Waals surface area contributed by atoms with Gasteiger partial charge in [0, 0.05) is 29.3 Å². The first-order chi connectivity index (χ1) is 18.6. The van der Waals surface area contributed by atoms with E-state index in [1.165, 1.54) is 0 Å². The van der Waals surface area contributed by atoms with E-state index in [9.17, 15) is 0 Å². The van der Waals surface area contributed by atoms with Gasteiger partial charge in [-0.1, -0.05) is 72.4 Å². The number of halogens is 6. The molecule has 0 N–H and O–H groups in total. The summed E-state index contributed by atoms with van der Waals surface area (Å²) in [6, 6.07) is 8.51. The van der Waals surface area contributed by atoms with E-state index >= 15 is 0 Å². The second kappa shape index (κ2) is 18.5. The van der Waals surface area contributed by atoms with Crippen LogP contribution in [0.3, 0.4) is 0 Å². The Balaban J connectivity index is 2.18. The molecule has 0 bridgehead atoms. The van der Waals surface area contributed by atoms with E-state index in [0.717, 1.165) is 90.1 Å². The van der Waals surface area contributed by atoms with Crippen molar-refractivity contribution in [3.05, 3.63) is 53.3 Å². The molecule has 2 atom stereocenters. The maximum Gasteiger partial charge on any atom is 0.147 e. The third kappa shape index (κ3) is 11.1. The molecule has 0 aromatic heterocycles. The van der Waals surface area contributed by atoms with Gasteiger partial charge in [-0.3, -0.25) is 0 Å². The van der Waals surface area contributed by atoms with Gasteiger partial charge in [-0.05, 0) is 112 Å². The predicted octanol–water partition coefficient (Wildman–Crippen LogP) is 11.0. The summed E-state index contributed by atoms with van der Waals surface area (Å²) in [5.74, 6) is 1.54. The fourth-order valence-corrected chi connectivity index (χ4v) is 7.28. The van der Waals surface area contributed by atoms with Crippen molar-refractivity contribution >= 4 is 95.6 Å². The van der Waals surface area contributed by atoms with Crippen LogP contribution in [-0.2, 0) is 14.9 Å². The molecule has 0 spiro atoms. The van der Waals surface area contributed by atoms with Crippen LogP contribution in [-0.4, -0.2) is 49.3 Å². The zero-order valence-electron chi connectivity index (χ0n) is 22.9. The Labute approximate surface area is 284 Å². The fourth-order valence-electron chi connectivity index (χ4n) is 3.70. The molecule has 0 heterocycles. The lowest BCUT2D eigenvalue weighted by atomic mass is 9.78. The first-order valence-electron chi connectivity index (χ1n) is 13.2. The van der Waals surface area contributed by atoms with Gasteiger partial charge < -0.3 is 18.9 Å². The summed E-state index contributed by atoms with van der Waals surface area (Å²) in [5.41, 5.74) is 1.98. The van der Waals surface area contributed by atoms with Gasteiger partial charge in [0.2, 0.25) is 0 Å². The van der Waals surface area contributed by atoms with Gasteiger partial charge in [-0.25, -0.2) is 0 Å². The second-order valence-corrected chi connectivity index (χ2v) is 14.5. The van der Waals surface area contributed by atoms with Crippen molar-refractivity contribution in [2.75, 3.05) is 37.1 Å². The zero-order chi connectivity index (χ0) is 29.0. The van der Waals surface area contributed by atoms with Gasteiger partial charge in [-0.15, -0.1) is 0 Å². The Morgan fingerprint density at radius 3 is 1.26 bits per heavy atom. The number of alkyl halides is 2. The third-order valence-electron chi connectivity index (χ3n) is 6.31. The summed E-state index contributed by atoms with van der Waals surface area (Å²) in [4.78, 5) is 0. The lowest BCUT2D eigenvalue weighted by molar-refractivity contribution is 0.0342. The van der Waals surface area contributed by atoms with Crippen molar-refractivity contribution in [1.82, 2.24) is 0 Å². The summed E-state index contributed by atoms with van der Waals surface area (Å²) in [6.07, 6.45) is 4.30. The van der Waals surface area contributed by atoms with Gasteiger partial charge in [-0.2, -0.15) is 0 Å². The maximum absolute atomic E-state index is 6.17. The van der Waals surface area contributed by atoms with Crippen molar-refractivity contribution in [2.24, 2.45) is 0 Å². The average Bonchev–Trinajstić information content (AvgIpc) is 2.89. The van der Waals surface area contributed by atoms with Crippen molar-refractivity contribution in [1.29, 1.82) is 0 Å². The monoisotopic (exact) mass is 924 g/mol. The molecule has 0 saturated heterocycles. The minimum atomic E-state index is -0.295. The quantitative estimate of drug-likeness (QED) is 0.110. The summed E-state index contributed by atoms with van der Waals surface area (Å²) in [7, 11) is 0. The first-order valence-corrected chi connectivity index (χ1v) is 18.6. The average molecular weight is 930 g/mol. The molecule has 0 saturated carbocycles. The fraction of sp³-hybridized carbons (Fsp3) is 0.586. The summed E-state index contributed by atoms with van der Waals surface area (Å²) < 4.78 is 27.8. The summed E-state index contributed by atoms with van der Waals surface area (Å²) in [6.45, 7) is 11.2. The Bertz CT molecular complexity index is 907. The smallest absolute Gasteiger partial charge is 0.147 e. The van der Waals surface area contributed by atoms with Crippen LogP contribution < -0.4 is 9.47 Å². The number of benzene rings is 2. The SMILES string of the molecule is CCCCOC(CBr)COc1c(Br)cc(C(C)(C)c2cc(Br)c(OCC(CBr)OCCCC)c(Br)c2)cc1Br. The van der Waals surface area contributed by atoms with Gasteiger partial charge in [0.1, 0.15) is 36.9 Å². The van der Waals surface area contributed by atoms with E-state index < -0.39 is 0 Å². The highest BCUT2D eigenvalue weighted by molar-refractivity contribution is 9.11. The third-order valence-corrected chi connectivity index (χ3v) is 10.1. The molecular formula is C29H38Br6O4. The van der Waals surface area contributed by atoms with Crippen LogP contribution in [0.5, 0.6) is 11.5 Å². The van der Waals surface area contributed by atoms with Gasteiger partial charge >= 0.3 is 0 Å². The van der Waals surface area contributed by atoms with E-state index in [0.29, 0.717) is 13.2 Å². The Hall–Kier alpha value is 0.840. The maximum atomic E-state index is 6.17. The Morgan fingerprint density at radius 1 is 0.641 bits per heavy atom. The zero-order valence-corrected chi connectivity index (χ0v) is 32.5. The second-order valence-electron chi connectivity index (χ2n) is 9.79. The molecular weight excluding hydrogens is 892 g/mol. The number of unbranched alkanes of at least 4 members (excludes halogenated alkanes) is 2. The van der Waals surface area contributed by atoms with E-state index in [-0.39, 0.29) is 17.6 Å². The minimum absolute atomic E-state index is 0.00499. The first kappa shape index (κ1) is 36.0. The molecule has 0 radical (unpaired) electrons. The number of hydrogen-bond acceptors (Lipinski definition) is 4. The highest BCUT2D eigenvalue weighted by atomic mass is 79.9. The Kier molecular flexibility index (Phi) is 17.1. The lowest BCUT2D eigenvalue weighted by Gasteiger charge is -2.29. The van der Waals surface area contributed by atoms with Crippen LogP contribution >= 0.6 is 95.6 Å². The largest absolute Gasteiger partial charge is 0.488 e. The molecule has 0 aliphatic carbocycles. The molecule has 39 heavy (non-hydrogen) atoms. The summed E-state index contributed by atoms with van der Waals surface area (Å²) >= 11 is 22.0. The van der Waals surface area contributed by atoms with Crippen LogP contribution in [0.15, 0.2) is 42.2 Å². The number of hydrogen-bond donors (Lipinski definition) is 0. The van der Waals surface area contributed by atoms with Gasteiger partial charge in [0.15, 0.2) is 0 Å². The summed E-state index contributed by atoms with van der Waals surface area (Å²) in [5, 5.41) is 1.45. The van der Waals surface area contributed by atoms with Gasteiger partial charge in [0.05, 0.1) is 17.9 Å². The number of rotatable bonds is 18. The van der Waals surface area contributed by atoms with E-state index in [1.807, 2.05) is 0 Å². The van der Waals surface area contributed by atoms with Crippen LogP contribution in [0.1, 0.15) is 64.5 Å². The van der Waals surface area contributed by atoms with E-state index in [2.05, 4.69) is 148 Å². The van der Waals surface area contributed by atoms with Crippen LogP contribution in [0, 0.1) is 0 Å². The molecule has 2 aromatic rings. The molecule has 2 aromatic carbocycles.